The van der Waals surface area contributed by atoms with Gasteiger partial charge in [-0.15, -0.1) is 5.10 Å². The first-order valence-electron chi connectivity index (χ1n) is 8.40. The standard InChI is InChI=1S/C18H17N5O2S/c1-12-16(20-21-26-12)17(25)22-7-6-18(10-22)8-15(24)23(11-18)14-4-2-13(9-19)3-5-14/h2-5H,6-8,10-11H2,1H3/t18-/m0/s1. The minimum atomic E-state index is -0.210. The first kappa shape index (κ1) is 16.7. The average molecular weight is 367 g/mol. The van der Waals surface area contributed by atoms with Crippen LogP contribution in [0.3, 0.4) is 0 Å². The molecule has 0 radical (unpaired) electrons. The zero-order valence-electron chi connectivity index (χ0n) is 14.3. The molecule has 2 aliphatic rings. The van der Waals surface area contributed by atoms with Crippen molar-refractivity contribution >= 4 is 29.0 Å². The summed E-state index contributed by atoms with van der Waals surface area (Å²) in [7, 11) is 0. The summed E-state index contributed by atoms with van der Waals surface area (Å²) in [6, 6.07) is 9.13. The molecule has 3 heterocycles. The molecule has 2 fully saturated rings. The lowest BCUT2D eigenvalue weighted by Gasteiger charge is -2.24. The number of carbonyl (C=O) groups is 2. The second-order valence-electron chi connectivity index (χ2n) is 6.97. The van der Waals surface area contributed by atoms with E-state index in [9.17, 15) is 9.59 Å². The van der Waals surface area contributed by atoms with Gasteiger partial charge in [-0.05, 0) is 49.1 Å². The Labute approximate surface area is 155 Å². The van der Waals surface area contributed by atoms with Crippen molar-refractivity contribution < 1.29 is 9.59 Å². The zero-order valence-corrected chi connectivity index (χ0v) is 15.1. The Bertz CT molecular complexity index is 916. The Morgan fingerprint density at radius 1 is 1.31 bits per heavy atom. The first-order valence-corrected chi connectivity index (χ1v) is 9.17. The molecule has 1 aromatic carbocycles. The Morgan fingerprint density at radius 3 is 2.73 bits per heavy atom. The smallest absolute Gasteiger partial charge is 0.275 e. The summed E-state index contributed by atoms with van der Waals surface area (Å²) in [5.74, 6) is -0.0343. The normalized spacial score (nSPS) is 22.2. The van der Waals surface area contributed by atoms with Crippen LogP contribution in [0.25, 0.3) is 0 Å². The predicted octanol–water partition coefficient (Wildman–Crippen LogP) is 1.99. The topological polar surface area (TPSA) is 90.2 Å². The number of carbonyl (C=O) groups excluding carboxylic acids is 2. The maximum absolute atomic E-state index is 12.7. The second-order valence-corrected chi connectivity index (χ2v) is 7.93. The van der Waals surface area contributed by atoms with Gasteiger partial charge in [-0.2, -0.15) is 5.26 Å². The highest BCUT2D eigenvalue weighted by molar-refractivity contribution is 7.05. The van der Waals surface area contributed by atoms with Crippen LogP contribution in [0.4, 0.5) is 5.69 Å². The molecule has 1 aromatic heterocycles. The van der Waals surface area contributed by atoms with Gasteiger partial charge in [-0.3, -0.25) is 9.59 Å². The number of benzene rings is 1. The molecule has 2 aliphatic heterocycles. The molecule has 8 heteroatoms. The summed E-state index contributed by atoms with van der Waals surface area (Å²) in [5, 5.41) is 12.9. The molecule has 4 rings (SSSR count). The van der Waals surface area contributed by atoms with Crippen molar-refractivity contribution in [1.29, 1.82) is 5.26 Å². The van der Waals surface area contributed by atoms with Crippen molar-refractivity contribution in [2.45, 2.75) is 19.8 Å². The second kappa shape index (κ2) is 6.18. The number of hydrogen-bond donors (Lipinski definition) is 0. The highest BCUT2D eigenvalue weighted by Gasteiger charge is 2.49. The van der Waals surface area contributed by atoms with Gasteiger partial charge < -0.3 is 9.80 Å². The Hall–Kier alpha value is -2.79. The maximum Gasteiger partial charge on any atom is 0.275 e. The SMILES string of the molecule is Cc1snnc1C(=O)N1CC[C@]2(CC(=O)N(c3ccc(C#N)cc3)C2)C1. The molecule has 0 bridgehead atoms. The lowest BCUT2D eigenvalue weighted by molar-refractivity contribution is -0.117. The molecule has 1 spiro atoms. The van der Waals surface area contributed by atoms with E-state index in [1.807, 2.05) is 6.92 Å². The minimum Gasteiger partial charge on any atom is -0.337 e. The zero-order chi connectivity index (χ0) is 18.3. The van der Waals surface area contributed by atoms with Crippen LogP contribution in [0.5, 0.6) is 0 Å². The van der Waals surface area contributed by atoms with Crippen molar-refractivity contribution in [3.05, 3.63) is 40.4 Å². The van der Waals surface area contributed by atoms with E-state index in [-0.39, 0.29) is 17.2 Å². The van der Waals surface area contributed by atoms with E-state index < -0.39 is 0 Å². The van der Waals surface area contributed by atoms with Crippen LogP contribution in [0.2, 0.25) is 0 Å². The molecule has 0 unspecified atom stereocenters. The fraction of sp³-hybridized carbons (Fsp3) is 0.389. The summed E-state index contributed by atoms with van der Waals surface area (Å²) in [5.41, 5.74) is 1.58. The van der Waals surface area contributed by atoms with Gasteiger partial charge in [0.1, 0.15) is 0 Å². The predicted molar refractivity (Wildman–Crippen MR) is 95.7 cm³/mol. The van der Waals surface area contributed by atoms with Gasteiger partial charge in [0.05, 0.1) is 16.5 Å². The summed E-state index contributed by atoms with van der Waals surface area (Å²) in [4.78, 5) is 29.6. The Morgan fingerprint density at radius 2 is 2.08 bits per heavy atom. The monoisotopic (exact) mass is 367 g/mol. The highest BCUT2D eigenvalue weighted by Crippen LogP contribution is 2.42. The van der Waals surface area contributed by atoms with E-state index in [0.717, 1.165) is 17.0 Å². The number of rotatable bonds is 2. The Kier molecular flexibility index (Phi) is 3.96. The van der Waals surface area contributed by atoms with Crippen molar-refractivity contribution in [2.24, 2.45) is 5.41 Å². The van der Waals surface area contributed by atoms with Crippen molar-refractivity contribution in [1.82, 2.24) is 14.5 Å². The van der Waals surface area contributed by atoms with E-state index in [0.29, 0.717) is 37.3 Å². The number of likely N-dealkylation sites (tertiary alicyclic amines) is 1. The van der Waals surface area contributed by atoms with Gasteiger partial charge in [0, 0.05) is 37.2 Å². The molecule has 1 atom stereocenters. The molecule has 0 aliphatic carbocycles. The van der Waals surface area contributed by atoms with Crippen LogP contribution >= 0.6 is 11.5 Å². The van der Waals surface area contributed by atoms with Crippen molar-refractivity contribution in [2.75, 3.05) is 24.5 Å². The molecule has 2 saturated heterocycles. The molecule has 2 aromatic rings. The van der Waals surface area contributed by atoms with Crippen LogP contribution < -0.4 is 4.90 Å². The van der Waals surface area contributed by atoms with Gasteiger partial charge in [-0.25, -0.2) is 0 Å². The molecule has 0 saturated carbocycles. The number of aryl methyl sites for hydroxylation is 1. The van der Waals surface area contributed by atoms with E-state index in [4.69, 9.17) is 5.26 Å². The van der Waals surface area contributed by atoms with Gasteiger partial charge >= 0.3 is 0 Å². The van der Waals surface area contributed by atoms with Crippen molar-refractivity contribution in [3.63, 3.8) is 0 Å². The molecule has 132 valence electrons. The van der Waals surface area contributed by atoms with Crippen LogP contribution in [-0.2, 0) is 4.79 Å². The minimum absolute atomic E-state index is 0.0653. The average Bonchev–Trinajstić information content (AvgIpc) is 3.34. The highest BCUT2D eigenvalue weighted by atomic mass is 32.1. The molecule has 26 heavy (non-hydrogen) atoms. The number of nitrogens with zero attached hydrogens (tertiary/aromatic N) is 5. The number of nitriles is 1. The molecule has 0 N–H and O–H groups in total. The summed E-state index contributed by atoms with van der Waals surface area (Å²) in [6.07, 6.45) is 1.24. The van der Waals surface area contributed by atoms with E-state index >= 15 is 0 Å². The maximum atomic E-state index is 12.7. The molecule has 2 amide bonds. The molecule has 7 nitrogen and oxygen atoms in total. The van der Waals surface area contributed by atoms with Crippen LogP contribution in [-0.4, -0.2) is 45.9 Å². The number of hydrogen-bond acceptors (Lipinski definition) is 6. The molecular formula is C18H17N5O2S. The van der Waals surface area contributed by atoms with Crippen LogP contribution in [0, 0.1) is 23.7 Å². The van der Waals surface area contributed by atoms with Gasteiger partial charge in [0.25, 0.3) is 5.91 Å². The van der Waals surface area contributed by atoms with Gasteiger partial charge in [0.2, 0.25) is 5.91 Å². The van der Waals surface area contributed by atoms with Crippen LogP contribution in [0.15, 0.2) is 24.3 Å². The molecular weight excluding hydrogens is 350 g/mol. The van der Waals surface area contributed by atoms with E-state index in [2.05, 4.69) is 15.7 Å². The number of anilines is 1. The lowest BCUT2D eigenvalue weighted by Crippen LogP contribution is -2.34. The lowest BCUT2D eigenvalue weighted by atomic mass is 9.86. The summed E-state index contributed by atoms with van der Waals surface area (Å²) < 4.78 is 3.84. The fourth-order valence-electron chi connectivity index (χ4n) is 3.81. The third-order valence-electron chi connectivity index (χ3n) is 5.21. The summed E-state index contributed by atoms with van der Waals surface area (Å²) in [6.45, 7) is 3.62. The van der Waals surface area contributed by atoms with E-state index in [1.165, 1.54) is 11.5 Å². The van der Waals surface area contributed by atoms with Gasteiger partial charge in [0.15, 0.2) is 5.69 Å². The number of aromatic nitrogens is 2. The third kappa shape index (κ3) is 2.74. The summed E-state index contributed by atoms with van der Waals surface area (Å²) >= 11 is 1.22. The first-order chi connectivity index (χ1) is 12.5. The van der Waals surface area contributed by atoms with Crippen LogP contribution in [0.1, 0.15) is 33.8 Å². The third-order valence-corrected chi connectivity index (χ3v) is 5.84. The van der Waals surface area contributed by atoms with E-state index in [1.54, 1.807) is 34.1 Å². The quantitative estimate of drug-likeness (QED) is 0.810. The Balaban J connectivity index is 1.50. The number of amides is 2. The van der Waals surface area contributed by atoms with Crippen molar-refractivity contribution in [3.8, 4) is 6.07 Å². The van der Waals surface area contributed by atoms with Gasteiger partial charge in [-0.1, -0.05) is 4.49 Å². The largest absolute Gasteiger partial charge is 0.337 e. The fourth-order valence-corrected chi connectivity index (χ4v) is 4.27.